The molecule has 0 aliphatic rings. The first kappa shape index (κ1) is 13.1. The Kier molecular flexibility index (Phi) is 4.90. The second-order valence-corrected chi connectivity index (χ2v) is 3.80. The Bertz CT molecular complexity index is 391. The van der Waals surface area contributed by atoms with Crippen LogP contribution >= 0.6 is 23.2 Å². The number of benzene rings is 1. The normalized spacial score (nSPS) is 10.0. The summed E-state index contributed by atoms with van der Waals surface area (Å²) in [5, 5.41) is -0.527. The predicted molar refractivity (Wildman–Crippen MR) is 64.2 cm³/mol. The van der Waals surface area contributed by atoms with Gasteiger partial charge < -0.3 is 9.47 Å². The monoisotopic (exact) mass is 262 g/mol. The largest absolute Gasteiger partial charge is 0.493 e. The van der Waals surface area contributed by atoms with Gasteiger partial charge in [-0.15, -0.1) is 11.6 Å². The van der Waals surface area contributed by atoms with E-state index in [1.54, 1.807) is 12.1 Å². The number of carbonyl (C=O) groups is 1. The summed E-state index contributed by atoms with van der Waals surface area (Å²) in [5.41, 5.74) is 1.16. The number of hydrogen-bond donors (Lipinski definition) is 0. The first-order valence-corrected chi connectivity index (χ1v) is 5.56. The van der Waals surface area contributed by atoms with Crippen LogP contribution in [0.25, 0.3) is 0 Å². The van der Waals surface area contributed by atoms with E-state index in [1.807, 2.05) is 0 Å². The van der Waals surface area contributed by atoms with E-state index < -0.39 is 5.24 Å². The standard InChI is InChI=1S/C11H12Cl2O3/c1-15-9-5-7(3-4-12)8(11(13)14)6-10(9)16-2/h5-6H,3-4H2,1-2H3. The van der Waals surface area contributed by atoms with Gasteiger partial charge in [-0.2, -0.15) is 0 Å². The van der Waals surface area contributed by atoms with Gasteiger partial charge in [-0.3, -0.25) is 4.79 Å². The molecule has 3 nitrogen and oxygen atoms in total. The number of alkyl halides is 1. The Morgan fingerprint density at radius 3 is 2.25 bits per heavy atom. The first-order valence-electron chi connectivity index (χ1n) is 4.64. The van der Waals surface area contributed by atoms with Gasteiger partial charge >= 0.3 is 0 Å². The zero-order valence-corrected chi connectivity index (χ0v) is 10.6. The van der Waals surface area contributed by atoms with Crippen molar-refractivity contribution in [2.24, 2.45) is 0 Å². The summed E-state index contributed by atoms with van der Waals surface area (Å²) in [6.45, 7) is 0. The Morgan fingerprint density at radius 1 is 1.25 bits per heavy atom. The molecule has 0 aliphatic carbocycles. The lowest BCUT2D eigenvalue weighted by Crippen LogP contribution is -2.02. The van der Waals surface area contributed by atoms with Crippen molar-refractivity contribution in [2.75, 3.05) is 20.1 Å². The lowest BCUT2D eigenvalue weighted by molar-refractivity contribution is 0.108. The van der Waals surface area contributed by atoms with Crippen molar-refractivity contribution in [3.8, 4) is 11.5 Å². The van der Waals surface area contributed by atoms with Crippen LogP contribution in [0.4, 0.5) is 0 Å². The number of rotatable bonds is 5. The molecule has 0 bridgehead atoms. The van der Waals surface area contributed by atoms with Crippen molar-refractivity contribution >= 4 is 28.4 Å². The van der Waals surface area contributed by atoms with E-state index in [2.05, 4.69) is 0 Å². The van der Waals surface area contributed by atoms with Gasteiger partial charge in [-0.1, -0.05) is 0 Å². The topological polar surface area (TPSA) is 35.5 Å². The Labute approximate surface area is 104 Å². The zero-order valence-electron chi connectivity index (χ0n) is 9.05. The third-order valence-corrected chi connectivity index (χ3v) is 2.58. The van der Waals surface area contributed by atoms with E-state index in [4.69, 9.17) is 32.7 Å². The Hall–Kier alpha value is -0.930. The maximum Gasteiger partial charge on any atom is 0.252 e. The molecule has 0 heterocycles. The summed E-state index contributed by atoms with van der Waals surface area (Å²) in [7, 11) is 3.03. The number of aryl methyl sites for hydroxylation is 1. The highest BCUT2D eigenvalue weighted by atomic mass is 35.5. The average Bonchev–Trinajstić information content (AvgIpc) is 2.28. The molecule has 1 rings (SSSR count). The molecule has 5 heteroatoms. The number of halogens is 2. The number of carbonyl (C=O) groups excluding carboxylic acids is 1. The van der Waals surface area contributed by atoms with Gasteiger partial charge in [-0.25, -0.2) is 0 Å². The fourth-order valence-electron chi connectivity index (χ4n) is 1.41. The lowest BCUT2D eigenvalue weighted by Gasteiger charge is -2.12. The summed E-state index contributed by atoms with van der Waals surface area (Å²) in [5.74, 6) is 1.45. The molecule has 0 N–H and O–H groups in total. The highest BCUT2D eigenvalue weighted by Crippen LogP contribution is 2.31. The van der Waals surface area contributed by atoms with Gasteiger partial charge in [0.15, 0.2) is 11.5 Å². The molecule has 0 saturated carbocycles. The molecular weight excluding hydrogens is 251 g/mol. The smallest absolute Gasteiger partial charge is 0.252 e. The van der Waals surface area contributed by atoms with Crippen LogP contribution in [0.3, 0.4) is 0 Å². The van der Waals surface area contributed by atoms with Crippen LogP contribution in [0.5, 0.6) is 11.5 Å². The van der Waals surface area contributed by atoms with Crippen molar-refractivity contribution in [2.45, 2.75) is 6.42 Å². The van der Waals surface area contributed by atoms with Gasteiger partial charge in [0.1, 0.15) is 0 Å². The number of ether oxygens (including phenoxy) is 2. The van der Waals surface area contributed by atoms with E-state index in [0.29, 0.717) is 29.4 Å². The van der Waals surface area contributed by atoms with Crippen LogP contribution in [0.1, 0.15) is 15.9 Å². The molecule has 0 spiro atoms. The molecule has 0 fully saturated rings. The molecule has 0 atom stereocenters. The summed E-state index contributed by atoms with van der Waals surface area (Å²) in [4.78, 5) is 11.2. The van der Waals surface area contributed by atoms with Crippen LogP contribution in [0.2, 0.25) is 0 Å². The third kappa shape index (κ3) is 2.80. The minimum Gasteiger partial charge on any atom is -0.493 e. The molecule has 0 aromatic heterocycles. The fourth-order valence-corrected chi connectivity index (χ4v) is 1.79. The van der Waals surface area contributed by atoms with Crippen molar-refractivity contribution in [1.29, 1.82) is 0 Å². The second kappa shape index (κ2) is 5.97. The highest BCUT2D eigenvalue weighted by molar-refractivity contribution is 6.68. The molecule has 1 aromatic rings. The maximum atomic E-state index is 11.2. The van der Waals surface area contributed by atoms with Crippen molar-refractivity contribution in [3.05, 3.63) is 23.3 Å². The van der Waals surface area contributed by atoms with E-state index in [-0.39, 0.29) is 0 Å². The summed E-state index contributed by atoms with van der Waals surface area (Å²) in [6, 6.07) is 3.28. The van der Waals surface area contributed by atoms with Crippen LogP contribution in [-0.2, 0) is 6.42 Å². The zero-order chi connectivity index (χ0) is 12.1. The van der Waals surface area contributed by atoms with E-state index >= 15 is 0 Å². The van der Waals surface area contributed by atoms with Crippen molar-refractivity contribution in [3.63, 3.8) is 0 Å². The predicted octanol–water partition coefficient (Wildman–Crippen LogP) is 2.86. The summed E-state index contributed by atoms with van der Waals surface area (Å²) in [6.07, 6.45) is 0.551. The van der Waals surface area contributed by atoms with Crippen LogP contribution in [0, 0.1) is 0 Å². The SMILES string of the molecule is COc1cc(CCCl)c(C(=O)Cl)cc1OC. The molecule has 88 valence electrons. The third-order valence-electron chi connectivity index (χ3n) is 2.18. The van der Waals surface area contributed by atoms with Gasteiger partial charge in [0.2, 0.25) is 0 Å². The molecule has 0 unspecified atom stereocenters. The molecule has 0 saturated heterocycles. The Morgan fingerprint density at radius 2 is 1.81 bits per heavy atom. The molecule has 0 radical (unpaired) electrons. The van der Waals surface area contributed by atoms with Gasteiger partial charge in [0.25, 0.3) is 5.24 Å². The van der Waals surface area contributed by atoms with Crippen LogP contribution in [0.15, 0.2) is 12.1 Å². The van der Waals surface area contributed by atoms with E-state index in [9.17, 15) is 4.79 Å². The average molecular weight is 263 g/mol. The van der Waals surface area contributed by atoms with E-state index in [0.717, 1.165) is 5.56 Å². The Balaban J connectivity index is 3.29. The summed E-state index contributed by atoms with van der Waals surface area (Å²) >= 11 is 11.1. The number of methoxy groups -OCH3 is 2. The van der Waals surface area contributed by atoms with Gasteiger partial charge in [0, 0.05) is 11.4 Å². The molecule has 0 aliphatic heterocycles. The van der Waals surface area contributed by atoms with Gasteiger partial charge in [-0.05, 0) is 35.7 Å². The maximum absolute atomic E-state index is 11.2. The fraction of sp³-hybridized carbons (Fsp3) is 0.364. The minimum absolute atomic E-state index is 0.403. The lowest BCUT2D eigenvalue weighted by atomic mass is 10.0. The number of hydrogen-bond acceptors (Lipinski definition) is 3. The van der Waals surface area contributed by atoms with Crippen LogP contribution < -0.4 is 9.47 Å². The van der Waals surface area contributed by atoms with Crippen molar-refractivity contribution in [1.82, 2.24) is 0 Å². The first-order chi connectivity index (χ1) is 7.63. The van der Waals surface area contributed by atoms with Crippen LogP contribution in [-0.4, -0.2) is 25.3 Å². The quantitative estimate of drug-likeness (QED) is 0.605. The molecular formula is C11H12Cl2O3. The molecule has 1 aromatic carbocycles. The second-order valence-electron chi connectivity index (χ2n) is 3.08. The molecule has 0 amide bonds. The van der Waals surface area contributed by atoms with Crippen molar-refractivity contribution < 1.29 is 14.3 Å². The summed E-state index contributed by atoms with van der Waals surface area (Å²) < 4.78 is 10.2. The van der Waals surface area contributed by atoms with Gasteiger partial charge in [0.05, 0.1) is 14.2 Å². The molecule has 16 heavy (non-hydrogen) atoms. The minimum atomic E-state index is -0.527. The van der Waals surface area contributed by atoms with E-state index in [1.165, 1.54) is 14.2 Å². The highest BCUT2D eigenvalue weighted by Gasteiger charge is 2.14.